The summed E-state index contributed by atoms with van der Waals surface area (Å²) in [6.07, 6.45) is 3.59. The van der Waals surface area contributed by atoms with Gasteiger partial charge in [0.2, 0.25) is 5.91 Å². The van der Waals surface area contributed by atoms with E-state index in [1.54, 1.807) is 6.20 Å². The standard InChI is InChI=1S/C22H22N6O2/c29-19(27-13-11-26(12-14-27)18-7-3-4-9-23-18)8-10-28-15-24-20-16-5-1-2-6-17(16)25-21(20)22(28)30/h1-7,9,15,25H,8,10-14H2. The van der Waals surface area contributed by atoms with Crippen molar-refractivity contribution in [3.63, 3.8) is 0 Å². The molecular formula is C22H22N6O2. The van der Waals surface area contributed by atoms with Gasteiger partial charge in [0.1, 0.15) is 16.9 Å². The second-order valence-corrected chi connectivity index (χ2v) is 7.44. The number of carbonyl (C=O) groups is 1. The van der Waals surface area contributed by atoms with E-state index < -0.39 is 0 Å². The molecule has 1 aromatic carbocycles. The molecule has 1 aliphatic rings. The summed E-state index contributed by atoms with van der Waals surface area (Å²) < 4.78 is 1.51. The molecule has 1 aliphatic heterocycles. The number of carbonyl (C=O) groups excluding carboxylic acids is 1. The van der Waals surface area contributed by atoms with Crippen LogP contribution >= 0.6 is 0 Å². The Balaban J connectivity index is 1.24. The number of H-pyrrole nitrogens is 1. The molecule has 0 radical (unpaired) electrons. The van der Waals surface area contributed by atoms with Crippen LogP contribution in [0.4, 0.5) is 5.82 Å². The SMILES string of the molecule is O=C(CCn1cnc2c([nH]c3ccccc32)c1=O)N1CCN(c2ccccn2)CC1. The fourth-order valence-electron chi connectivity index (χ4n) is 4.00. The Morgan fingerprint density at radius 3 is 2.60 bits per heavy atom. The number of nitrogens with one attached hydrogen (secondary N) is 1. The van der Waals surface area contributed by atoms with E-state index in [0.717, 1.165) is 29.8 Å². The van der Waals surface area contributed by atoms with E-state index in [-0.39, 0.29) is 17.9 Å². The highest BCUT2D eigenvalue weighted by Gasteiger charge is 2.22. The monoisotopic (exact) mass is 402 g/mol. The second kappa shape index (κ2) is 7.62. The van der Waals surface area contributed by atoms with Gasteiger partial charge in [0.15, 0.2) is 0 Å². The van der Waals surface area contributed by atoms with Gasteiger partial charge in [-0.1, -0.05) is 24.3 Å². The van der Waals surface area contributed by atoms with Crippen molar-refractivity contribution in [2.24, 2.45) is 0 Å². The van der Waals surface area contributed by atoms with E-state index in [1.165, 1.54) is 10.9 Å². The molecule has 0 spiro atoms. The highest BCUT2D eigenvalue weighted by molar-refractivity contribution is 6.04. The summed E-state index contributed by atoms with van der Waals surface area (Å²) in [5, 5.41) is 0.929. The Morgan fingerprint density at radius 2 is 1.80 bits per heavy atom. The molecule has 0 atom stereocenters. The van der Waals surface area contributed by atoms with E-state index in [9.17, 15) is 9.59 Å². The van der Waals surface area contributed by atoms with Crippen molar-refractivity contribution in [3.8, 4) is 0 Å². The molecule has 1 fully saturated rings. The molecule has 30 heavy (non-hydrogen) atoms. The number of hydrogen-bond donors (Lipinski definition) is 1. The molecule has 152 valence electrons. The van der Waals surface area contributed by atoms with Crippen LogP contribution in [0.1, 0.15) is 6.42 Å². The van der Waals surface area contributed by atoms with Gasteiger partial charge in [0.25, 0.3) is 5.56 Å². The summed E-state index contributed by atoms with van der Waals surface area (Å²) in [5.41, 5.74) is 1.89. The third-order valence-electron chi connectivity index (χ3n) is 5.65. The van der Waals surface area contributed by atoms with Crippen LogP contribution in [0.3, 0.4) is 0 Å². The maximum atomic E-state index is 12.8. The van der Waals surface area contributed by atoms with E-state index in [2.05, 4.69) is 19.9 Å². The third-order valence-corrected chi connectivity index (χ3v) is 5.65. The Kier molecular flexibility index (Phi) is 4.66. The number of nitrogens with zero attached hydrogens (tertiary/aromatic N) is 5. The number of aromatic nitrogens is 4. The lowest BCUT2D eigenvalue weighted by molar-refractivity contribution is -0.131. The van der Waals surface area contributed by atoms with Crippen LogP contribution in [-0.2, 0) is 11.3 Å². The number of hydrogen-bond acceptors (Lipinski definition) is 5. The van der Waals surface area contributed by atoms with Gasteiger partial charge in [-0.05, 0) is 18.2 Å². The topological polar surface area (TPSA) is 87.1 Å². The van der Waals surface area contributed by atoms with Crippen molar-refractivity contribution >= 4 is 33.7 Å². The largest absolute Gasteiger partial charge is 0.353 e. The van der Waals surface area contributed by atoms with Crippen molar-refractivity contribution in [1.82, 2.24) is 24.4 Å². The molecule has 5 rings (SSSR count). The number of rotatable bonds is 4. The average Bonchev–Trinajstić information content (AvgIpc) is 3.19. The molecule has 0 bridgehead atoms. The van der Waals surface area contributed by atoms with Gasteiger partial charge in [0, 0.05) is 56.2 Å². The molecule has 0 saturated carbocycles. The van der Waals surface area contributed by atoms with Gasteiger partial charge < -0.3 is 14.8 Å². The maximum Gasteiger partial charge on any atom is 0.277 e. The lowest BCUT2D eigenvalue weighted by Crippen LogP contribution is -2.49. The van der Waals surface area contributed by atoms with Crippen molar-refractivity contribution in [3.05, 3.63) is 65.3 Å². The lowest BCUT2D eigenvalue weighted by Gasteiger charge is -2.35. The van der Waals surface area contributed by atoms with Crippen LogP contribution in [0.2, 0.25) is 0 Å². The van der Waals surface area contributed by atoms with Crippen LogP contribution in [0.5, 0.6) is 0 Å². The summed E-state index contributed by atoms with van der Waals surface area (Å²) >= 11 is 0. The molecule has 1 saturated heterocycles. The normalized spacial score (nSPS) is 14.5. The minimum Gasteiger partial charge on any atom is -0.353 e. The lowest BCUT2D eigenvalue weighted by atomic mass is 10.2. The van der Waals surface area contributed by atoms with Crippen LogP contribution in [0.25, 0.3) is 21.9 Å². The van der Waals surface area contributed by atoms with E-state index in [0.29, 0.717) is 30.7 Å². The first-order valence-electron chi connectivity index (χ1n) is 10.1. The highest BCUT2D eigenvalue weighted by Crippen LogP contribution is 2.20. The van der Waals surface area contributed by atoms with Crippen LogP contribution in [0.15, 0.2) is 59.8 Å². The molecule has 4 heterocycles. The van der Waals surface area contributed by atoms with Crippen molar-refractivity contribution in [1.29, 1.82) is 0 Å². The minimum absolute atomic E-state index is 0.0549. The zero-order valence-electron chi connectivity index (χ0n) is 16.5. The number of para-hydroxylation sites is 1. The van der Waals surface area contributed by atoms with Gasteiger partial charge in [-0.2, -0.15) is 0 Å². The molecule has 8 heteroatoms. The zero-order chi connectivity index (χ0) is 20.5. The number of pyridine rings is 1. The molecular weight excluding hydrogens is 380 g/mol. The predicted octanol–water partition coefficient (Wildman–Crippen LogP) is 2.01. The van der Waals surface area contributed by atoms with Crippen LogP contribution < -0.4 is 10.5 Å². The van der Waals surface area contributed by atoms with Crippen molar-refractivity contribution in [2.75, 3.05) is 31.1 Å². The fraction of sp³-hybridized carbons (Fsp3) is 0.273. The first-order valence-corrected chi connectivity index (χ1v) is 10.1. The van der Waals surface area contributed by atoms with Gasteiger partial charge in [-0.3, -0.25) is 14.2 Å². The number of anilines is 1. The van der Waals surface area contributed by atoms with E-state index in [1.807, 2.05) is 47.4 Å². The van der Waals surface area contributed by atoms with Gasteiger partial charge >= 0.3 is 0 Å². The number of aryl methyl sites for hydroxylation is 1. The summed E-state index contributed by atoms with van der Waals surface area (Å²) in [6, 6.07) is 13.6. The minimum atomic E-state index is -0.149. The Bertz CT molecular complexity index is 1260. The van der Waals surface area contributed by atoms with Gasteiger partial charge in [0.05, 0.1) is 6.33 Å². The van der Waals surface area contributed by atoms with Crippen molar-refractivity contribution in [2.45, 2.75) is 13.0 Å². The molecule has 0 aliphatic carbocycles. The Labute approximate surface area is 172 Å². The fourth-order valence-corrected chi connectivity index (χ4v) is 4.00. The van der Waals surface area contributed by atoms with Gasteiger partial charge in [-0.25, -0.2) is 9.97 Å². The number of fused-ring (bicyclic) bond motifs is 3. The summed E-state index contributed by atoms with van der Waals surface area (Å²) in [4.78, 5) is 41.5. The van der Waals surface area contributed by atoms with E-state index >= 15 is 0 Å². The molecule has 4 aromatic rings. The average molecular weight is 402 g/mol. The summed E-state index contributed by atoms with van der Waals surface area (Å²) in [5.74, 6) is 0.994. The first kappa shape index (κ1) is 18.4. The zero-order valence-corrected chi connectivity index (χ0v) is 16.5. The third kappa shape index (κ3) is 3.30. The molecule has 3 aromatic heterocycles. The molecule has 8 nitrogen and oxygen atoms in total. The Morgan fingerprint density at radius 1 is 1.00 bits per heavy atom. The second-order valence-electron chi connectivity index (χ2n) is 7.44. The number of piperazine rings is 1. The van der Waals surface area contributed by atoms with Crippen molar-refractivity contribution < 1.29 is 4.79 Å². The predicted molar refractivity (Wildman–Crippen MR) is 116 cm³/mol. The number of amides is 1. The molecule has 0 unspecified atom stereocenters. The number of aromatic amines is 1. The summed E-state index contributed by atoms with van der Waals surface area (Å²) in [7, 11) is 0. The van der Waals surface area contributed by atoms with Crippen LogP contribution in [0, 0.1) is 0 Å². The van der Waals surface area contributed by atoms with E-state index in [4.69, 9.17) is 0 Å². The smallest absolute Gasteiger partial charge is 0.277 e. The highest BCUT2D eigenvalue weighted by atomic mass is 16.2. The molecule has 1 N–H and O–H groups in total. The quantitative estimate of drug-likeness (QED) is 0.564. The van der Waals surface area contributed by atoms with Gasteiger partial charge in [-0.15, -0.1) is 0 Å². The van der Waals surface area contributed by atoms with Crippen LogP contribution in [-0.4, -0.2) is 56.5 Å². The summed E-state index contributed by atoms with van der Waals surface area (Å²) in [6.45, 7) is 3.14. The first-order chi connectivity index (χ1) is 14.7. The maximum absolute atomic E-state index is 12.8. The molecule has 1 amide bonds. The number of benzene rings is 1. The Hall–Kier alpha value is -3.68.